The van der Waals surface area contributed by atoms with E-state index in [-0.39, 0.29) is 11.8 Å². The number of pyridine rings is 1. The quantitative estimate of drug-likeness (QED) is 0.316. The number of amides is 2. The summed E-state index contributed by atoms with van der Waals surface area (Å²) in [5.41, 5.74) is 1.88. The molecule has 0 saturated heterocycles. The van der Waals surface area contributed by atoms with Crippen molar-refractivity contribution in [3.8, 4) is 23.4 Å². The van der Waals surface area contributed by atoms with Crippen LogP contribution in [0.4, 0.5) is 10.8 Å². The van der Waals surface area contributed by atoms with Crippen LogP contribution in [0, 0.1) is 11.3 Å². The minimum Gasteiger partial charge on any atom is -0.493 e. The van der Waals surface area contributed by atoms with Crippen molar-refractivity contribution in [3.63, 3.8) is 0 Å². The Morgan fingerprint density at radius 3 is 2.68 bits per heavy atom. The summed E-state index contributed by atoms with van der Waals surface area (Å²) in [5.74, 6) is 0.153. The first-order valence-corrected chi connectivity index (χ1v) is 12.1. The third kappa shape index (κ3) is 5.06. The smallest absolute Gasteiger partial charge is 0.255 e. The molecule has 0 atom stereocenters. The number of hydrogen-bond donors (Lipinski definition) is 3. The van der Waals surface area contributed by atoms with E-state index >= 15 is 0 Å². The minimum atomic E-state index is -0.642. The van der Waals surface area contributed by atoms with Crippen LogP contribution in [-0.4, -0.2) is 40.6 Å². The topological polar surface area (TPSA) is 146 Å². The summed E-state index contributed by atoms with van der Waals surface area (Å²) in [4.78, 5) is 33.6. The molecule has 1 aliphatic carbocycles. The molecule has 0 spiro atoms. The monoisotopic (exact) mass is 515 g/mol. The number of nitrogens with zero attached hydrogens (tertiary/aromatic N) is 3. The Morgan fingerprint density at radius 1 is 1.11 bits per heavy atom. The Morgan fingerprint density at radius 2 is 1.95 bits per heavy atom. The summed E-state index contributed by atoms with van der Waals surface area (Å²) < 4.78 is 11.4. The highest BCUT2D eigenvalue weighted by Gasteiger charge is 2.45. The van der Waals surface area contributed by atoms with E-state index in [2.05, 4.69) is 26.7 Å². The number of ether oxygens (including phenoxy) is 2. The van der Waals surface area contributed by atoms with E-state index in [1.807, 2.05) is 6.07 Å². The molecule has 2 aromatic carbocycles. The van der Waals surface area contributed by atoms with Gasteiger partial charge >= 0.3 is 0 Å². The van der Waals surface area contributed by atoms with Crippen molar-refractivity contribution >= 4 is 44.3 Å². The molecule has 2 heterocycles. The second-order valence-electron chi connectivity index (χ2n) is 8.40. The van der Waals surface area contributed by atoms with E-state index in [4.69, 9.17) is 14.6 Å². The lowest BCUT2D eigenvalue weighted by Crippen LogP contribution is -2.14. The first-order valence-electron chi connectivity index (χ1n) is 11.3. The lowest BCUT2D eigenvalue weighted by atomic mass is 9.96. The average molecular weight is 516 g/mol. The fraction of sp³-hybridized carbons (Fsp3) is 0.192. The van der Waals surface area contributed by atoms with Crippen molar-refractivity contribution in [3.05, 3.63) is 65.7 Å². The van der Waals surface area contributed by atoms with Gasteiger partial charge in [-0.15, -0.1) is 0 Å². The molecular weight excluding hydrogens is 494 g/mol. The van der Waals surface area contributed by atoms with Gasteiger partial charge in [-0.25, -0.2) is 9.97 Å². The number of nitriles is 1. The zero-order valence-corrected chi connectivity index (χ0v) is 20.5. The minimum absolute atomic E-state index is 0.261. The molecule has 1 aliphatic rings. The number of aromatic nitrogens is 2. The van der Waals surface area contributed by atoms with Gasteiger partial charge in [0, 0.05) is 23.4 Å². The first-order chi connectivity index (χ1) is 17.9. The Balaban J connectivity index is 1.35. The van der Waals surface area contributed by atoms with E-state index in [0.29, 0.717) is 38.2 Å². The van der Waals surface area contributed by atoms with Gasteiger partial charge in [0.1, 0.15) is 17.0 Å². The van der Waals surface area contributed by atoms with Crippen LogP contribution in [0.1, 0.15) is 28.8 Å². The van der Waals surface area contributed by atoms with Crippen LogP contribution in [0.3, 0.4) is 0 Å². The van der Waals surface area contributed by atoms with Gasteiger partial charge in [0.25, 0.3) is 11.8 Å². The second kappa shape index (κ2) is 9.85. The predicted octanol–water partition coefficient (Wildman–Crippen LogP) is 4.23. The molecule has 0 bridgehead atoms. The molecule has 0 aliphatic heterocycles. The van der Waals surface area contributed by atoms with E-state index < -0.39 is 17.9 Å². The number of benzene rings is 2. The number of thiazole rings is 1. The van der Waals surface area contributed by atoms with Crippen molar-refractivity contribution in [2.24, 2.45) is 0 Å². The largest absolute Gasteiger partial charge is 0.493 e. The number of hydrogen-bond acceptors (Lipinski definition) is 9. The van der Waals surface area contributed by atoms with E-state index in [1.165, 1.54) is 7.11 Å². The highest BCUT2D eigenvalue weighted by atomic mass is 32.1. The van der Waals surface area contributed by atoms with Gasteiger partial charge in [-0.2, -0.15) is 5.26 Å². The zero-order valence-electron chi connectivity index (χ0n) is 19.6. The van der Waals surface area contributed by atoms with Crippen molar-refractivity contribution in [1.29, 1.82) is 5.26 Å². The van der Waals surface area contributed by atoms with Crippen molar-refractivity contribution < 1.29 is 24.2 Å². The maximum atomic E-state index is 12.9. The molecular formula is C26H21N5O5S. The normalized spacial score (nSPS) is 13.4. The van der Waals surface area contributed by atoms with Crippen LogP contribution in [0.2, 0.25) is 0 Å². The molecule has 0 unspecified atom stereocenters. The molecule has 2 aromatic heterocycles. The van der Waals surface area contributed by atoms with Gasteiger partial charge in [0.05, 0.1) is 18.6 Å². The molecule has 186 valence electrons. The lowest BCUT2D eigenvalue weighted by molar-refractivity contribution is -0.118. The Kier molecular flexibility index (Phi) is 6.43. The van der Waals surface area contributed by atoms with E-state index in [0.717, 1.165) is 29.7 Å². The van der Waals surface area contributed by atoms with Crippen LogP contribution in [0.25, 0.3) is 10.3 Å². The number of methoxy groups -OCH3 is 1. The Bertz CT molecular complexity index is 1560. The summed E-state index contributed by atoms with van der Waals surface area (Å²) in [6, 6.07) is 17.8. The van der Waals surface area contributed by atoms with Crippen LogP contribution >= 0.6 is 11.3 Å². The molecule has 1 saturated carbocycles. The number of aliphatic hydroxyl groups excluding tert-OH is 1. The molecule has 5 rings (SSSR count). The maximum Gasteiger partial charge on any atom is 0.255 e. The Labute approximate surface area is 215 Å². The summed E-state index contributed by atoms with van der Waals surface area (Å²) in [7, 11) is 1.50. The number of anilines is 2. The number of aliphatic hydroxyl groups is 1. The fourth-order valence-corrected chi connectivity index (χ4v) is 4.61. The summed E-state index contributed by atoms with van der Waals surface area (Å²) >= 11 is 1.14. The van der Waals surface area contributed by atoms with Crippen LogP contribution in [-0.2, 0) is 10.2 Å². The van der Waals surface area contributed by atoms with Gasteiger partial charge in [-0.1, -0.05) is 23.5 Å². The molecule has 1 fully saturated rings. The van der Waals surface area contributed by atoms with Crippen LogP contribution < -0.4 is 20.1 Å². The standard InChI is InChI=1S/C26H21N5O5S/c1-35-19-7-5-17(28-23(34)15-3-2-4-16(11-15)26(14-27)9-10-26)12-20(19)36-22-8-6-18-24(31-22)37-25(29-18)30-21(33)13-32/h2-8,11-12,32H,9-10,13H2,1H3,(H,28,34)(H,29,30,33). The van der Waals surface area contributed by atoms with Crippen molar-refractivity contribution in [1.82, 2.24) is 9.97 Å². The van der Waals surface area contributed by atoms with Gasteiger partial charge < -0.3 is 19.9 Å². The van der Waals surface area contributed by atoms with Crippen molar-refractivity contribution in [2.45, 2.75) is 18.3 Å². The van der Waals surface area contributed by atoms with Gasteiger partial charge in [0.15, 0.2) is 16.6 Å². The van der Waals surface area contributed by atoms with Crippen molar-refractivity contribution in [2.75, 3.05) is 24.4 Å². The molecule has 37 heavy (non-hydrogen) atoms. The van der Waals surface area contributed by atoms with Gasteiger partial charge in [-0.05, 0) is 48.7 Å². The van der Waals surface area contributed by atoms with E-state index in [1.54, 1.807) is 48.5 Å². The number of carbonyl (C=O) groups is 2. The van der Waals surface area contributed by atoms with Crippen LogP contribution in [0.5, 0.6) is 17.4 Å². The molecule has 0 radical (unpaired) electrons. The van der Waals surface area contributed by atoms with E-state index in [9.17, 15) is 14.9 Å². The SMILES string of the molecule is COc1ccc(NC(=O)c2cccc(C3(C#N)CC3)c2)cc1Oc1ccc2nc(NC(=O)CO)sc2n1. The highest BCUT2D eigenvalue weighted by Crippen LogP contribution is 2.47. The number of nitrogens with one attached hydrogen (secondary N) is 2. The third-order valence-corrected chi connectivity index (χ3v) is 6.78. The van der Waals surface area contributed by atoms with Gasteiger partial charge in [0.2, 0.25) is 5.88 Å². The Hall–Kier alpha value is -4.53. The molecule has 10 nitrogen and oxygen atoms in total. The summed E-state index contributed by atoms with van der Waals surface area (Å²) in [5, 5.41) is 24.0. The number of carbonyl (C=O) groups excluding carboxylic acids is 2. The number of fused-ring (bicyclic) bond motifs is 1. The number of rotatable bonds is 8. The molecule has 4 aromatic rings. The van der Waals surface area contributed by atoms with Crippen LogP contribution in [0.15, 0.2) is 54.6 Å². The highest BCUT2D eigenvalue weighted by molar-refractivity contribution is 7.21. The second-order valence-corrected chi connectivity index (χ2v) is 9.37. The molecule has 2 amide bonds. The predicted molar refractivity (Wildman–Crippen MR) is 137 cm³/mol. The summed E-state index contributed by atoms with van der Waals surface area (Å²) in [6.45, 7) is -0.642. The van der Waals surface area contributed by atoms with Gasteiger partial charge in [-0.3, -0.25) is 14.9 Å². The zero-order chi connectivity index (χ0) is 26.0. The third-order valence-electron chi connectivity index (χ3n) is 5.90. The molecule has 3 N–H and O–H groups in total. The first kappa shape index (κ1) is 24.2. The lowest BCUT2D eigenvalue weighted by Gasteiger charge is -2.13. The average Bonchev–Trinajstić information content (AvgIpc) is 3.62. The summed E-state index contributed by atoms with van der Waals surface area (Å²) in [6.07, 6.45) is 1.60. The fourth-order valence-electron chi connectivity index (χ4n) is 3.77. The maximum absolute atomic E-state index is 12.9. The molecule has 11 heteroatoms.